The van der Waals surface area contributed by atoms with Gasteiger partial charge in [0, 0.05) is 13.7 Å². The van der Waals surface area contributed by atoms with Gasteiger partial charge in [0.25, 0.3) is 0 Å². The van der Waals surface area contributed by atoms with Gasteiger partial charge in [-0.25, -0.2) is 0 Å². The molecule has 2 heterocycles. The van der Waals surface area contributed by atoms with Gasteiger partial charge < -0.3 is 45.2 Å². The van der Waals surface area contributed by atoms with Crippen LogP contribution in [0.1, 0.15) is 32.5 Å². The quantitative estimate of drug-likeness (QED) is 0.270. The van der Waals surface area contributed by atoms with E-state index in [9.17, 15) is 35.7 Å². The van der Waals surface area contributed by atoms with E-state index < -0.39 is 80.2 Å². The van der Waals surface area contributed by atoms with Crippen LogP contribution >= 0.6 is 0 Å². The van der Waals surface area contributed by atoms with Crippen molar-refractivity contribution in [3.05, 3.63) is 0 Å². The minimum absolute atomic E-state index is 0.340. The van der Waals surface area contributed by atoms with Gasteiger partial charge in [-0.15, -0.1) is 0 Å². The lowest BCUT2D eigenvalue weighted by Crippen LogP contribution is -2.61. The Balaban J connectivity index is 2.89. The molecule has 23 heavy (non-hydrogen) atoms. The van der Waals surface area contributed by atoms with Gasteiger partial charge in [-0.3, -0.25) is 0 Å². The summed E-state index contributed by atoms with van der Waals surface area (Å²) in [4.78, 5) is 0. The smallest absolute Gasteiger partial charge is 0.111 e. The highest BCUT2D eigenvalue weighted by atomic mass is 16.6. The third-order valence-corrected chi connectivity index (χ3v) is 3.09. The first-order valence-corrected chi connectivity index (χ1v) is 6.09. The fraction of sp³-hybridized carbons (Fsp3) is 1.00. The molecule has 0 radical (unpaired) electrons. The van der Waals surface area contributed by atoms with E-state index in [4.69, 9.17) is 19.2 Å². The summed E-state index contributed by atoms with van der Waals surface area (Å²) in [6, 6.07) is 0. The van der Waals surface area contributed by atoms with E-state index in [0.717, 1.165) is 0 Å². The second-order valence-electron chi connectivity index (χ2n) is 4.48. The number of hydrogen-bond donors (Lipinski definition) is 7. The van der Waals surface area contributed by atoms with E-state index in [1.165, 1.54) is 0 Å². The number of hydrogen-bond acceptors (Lipinski definition) is 9. The molecule has 9 heteroatoms. The first-order valence-electron chi connectivity index (χ1n) is 13.1. The van der Waals surface area contributed by atoms with E-state index in [1.54, 1.807) is 0 Å². The lowest BCUT2D eigenvalue weighted by Gasteiger charge is -2.45. The molecule has 0 aliphatic carbocycles. The van der Waals surface area contributed by atoms with Crippen LogP contribution in [0.5, 0.6) is 0 Å². The Morgan fingerprint density at radius 3 is 1.70 bits per heavy atom. The van der Waals surface area contributed by atoms with Crippen LogP contribution in [0.25, 0.3) is 0 Å². The Labute approximate surface area is 153 Å². The predicted molar refractivity (Wildman–Crippen MR) is 75.3 cm³/mol. The molecule has 2 saturated heterocycles. The molecule has 5 unspecified atom stereocenters. The molecular weight excluding hydrogens is 312 g/mol. The molecule has 0 aromatic heterocycles. The average molecular weight is 352 g/mol. The third kappa shape index (κ3) is 3.68. The summed E-state index contributed by atoms with van der Waals surface area (Å²) in [5, 5.41) is 71.9. The molecule has 0 aromatic rings. The standard InChI is InChI=1S/C14H26O9/c1-5-8(3-15)22-6(11(18)10(5)17)2-7-12(19)14(21)13(20)9(4-16)23-7/h5-21H,2-4H2,1H3/t5-,6+,7+,8?,9?,10?,11?,12?,13-,14-/m1/s1/i3D2,4D2,5D,6D,7D,8D,9D,10D,11D,12D,13D,14D. The average Bonchev–Trinajstić information content (AvgIpc) is 2.62. The fourth-order valence-corrected chi connectivity index (χ4v) is 1.80. The molecule has 2 aliphatic rings. The third-order valence-electron chi connectivity index (χ3n) is 3.09. The van der Waals surface area contributed by atoms with E-state index >= 15 is 0 Å². The van der Waals surface area contributed by atoms with Crippen molar-refractivity contribution in [2.75, 3.05) is 13.1 Å². The second-order valence-corrected chi connectivity index (χ2v) is 4.48. The molecule has 0 amide bonds. The first kappa shape index (κ1) is 7.48. The van der Waals surface area contributed by atoms with Gasteiger partial charge in [-0.1, -0.05) is 6.92 Å². The summed E-state index contributed by atoms with van der Waals surface area (Å²) in [5.41, 5.74) is 0. The Hall–Kier alpha value is -0.360. The minimum atomic E-state index is -4.62. The van der Waals surface area contributed by atoms with Crippen LogP contribution in [0.4, 0.5) is 0 Å². The predicted octanol–water partition coefficient (Wildman–Crippen LogP) is -3.66. The van der Waals surface area contributed by atoms with Crippen LogP contribution in [0.15, 0.2) is 0 Å². The topological polar surface area (TPSA) is 160 Å². The zero-order valence-electron chi connectivity index (χ0n) is 25.7. The van der Waals surface area contributed by atoms with Crippen molar-refractivity contribution in [1.29, 1.82) is 0 Å². The normalized spacial score (nSPS) is 93.7. The highest BCUT2D eigenvalue weighted by molar-refractivity contribution is 4.96. The molecule has 7 N–H and O–H groups in total. The second kappa shape index (κ2) is 7.68. The first-order chi connectivity index (χ1) is 15.6. The molecule has 136 valence electrons. The summed E-state index contributed by atoms with van der Waals surface area (Å²) >= 11 is 0. The van der Waals surface area contributed by atoms with Crippen molar-refractivity contribution in [1.82, 2.24) is 0 Å². The maximum Gasteiger partial charge on any atom is 0.111 e. The summed E-state index contributed by atoms with van der Waals surface area (Å²) in [6.45, 7) is -8.09. The Morgan fingerprint density at radius 1 is 0.739 bits per heavy atom. The summed E-state index contributed by atoms with van der Waals surface area (Å²) < 4.78 is 119. The molecule has 2 aliphatic heterocycles. The molecule has 2 rings (SSSR count). The highest BCUT2D eigenvalue weighted by Gasteiger charge is 2.48. The van der Waals surface area contributed by atoms with E-state index in [2.05, 4.69) is 9.47 Å². The molecule has 9 nitrogen and oxygen atoms in total. The highest BCUT2D eigenvalue weighted by Crippen LogP contribution is 2.31. The maximum atomic E-state index is 10.7. The molecule has 0 saturated carbocycles. The van der Waals surface area contributed by atoms with Gasteiger partial charge in [0.2, 0.25) is 0 Å². The summed E-state index contributed by atoms with van der Waals surface area (Å²) in [6.07, 6.45) is -41.4. The van der Waals surface area contributed by atoms with Gasteiger partial charge in [-0.2, -0.15) is 0 Å². The zero-order chi connectivity index (χ0) is 30.1. The zero-order valence-corrected chi connectivity index (χ0v) is 11.7. The molecule has 0 spiro atoms. The van der Waals surface area contributed by atoms with Crippen molar-refractivity contribution < 1.29 is 64.4 Å². The SMILES string of the molecule is [2H]C([2H])(O)C1([2H])O[C@@]([2H])(C[C@]2([2H])OC([2H])(C([2H])([2H])O)[C@@]([2H])(O)[C@]([2H])(O)C2([2H])O)C([2H])(O)C([2H])(O)[C@]1([2H])C. The van der Waals surface area contributed by atoms with Crippen molar-refractivity contribution in [2.24, 2.45) is 5.89 Å². The van der Waals surface area contributed by atoms with Crippen LogP contribution in [0.2, 0.25) is 0 Å². The van der Waals surface area contributed by atoms with Crippen molar-refractivity contribution >= 4 is 0 Å². The maximum absolute atomic E-state index is 10.7. The molecular formula is C14H26O9. The Kier molecular flexibility index (Phi) is 2.50. The molecule has 10 atom stereocenters. The van der Waals surface area contributed by atoms with E-state index in [1.807, 2.05) is 0 Å². The van der Waals surface area contributed by atoms with Crippen molar-refractivity contribution in [2.45, 2.75) is 68.1 Å². The van der Waals surface area contributed by atoms with Crippen LogP contribution in [-0.4, -0.2) is 104 Å². The number of aliphatic hydroxyl groups is 7. The van der Waals surface area contributed by atoms with Gasteiger partial charge in [0.1, 0.15) is 30.4 Å². The van der Waals surface area contributed by atoms with Crippen LogP contribution < -0.4 is 0 Å². The van der Waals surface area contributed by atoms with Crippen LogP contribution in [0.3, 0.4) is 0 Å². The number of rotatable bonds is 4. The van der Waals surface area contributed by atoms with Crippen LogP contribution in [0, 0.1) is 5.89 Å². The van der Waals surface area contributed by atoms with Crippen molar-refractivity contribution in [3.8, 4) is 0 Å². The summed E-state index contributed by atoms with van der Waals surface area (Å²) in [7, 11) is 0. The van der Waals surface area contributed by atoms with E-state index in [0.29, 0.717) is 6.92 Å². The van der Waals surface area contributed by atoms with Gasteiger partial charge in [0.15, 0.2) is 0 Å². The molecule has 0 bridgehead atoms. The lowest BCUT2D eigenvalue weighted by molar-refractivity contribution is -0.254. The van der Waals surface area contributed by atoms with E-state index in [-0.39, 0.29) is 0 Å². The van der Waals surface area contributed by atoms with Crippen molar-refractivity contribution in [3.63, 3.8) is 0 Å². The minimum Gasteiger partial charge on any atom is -0.394 e. The van der Waals surface area contributed by atoms with Gasteiger partial charge >= 0.3 is 0 Å². The Morgan fingerprint density at radius 2 is 1.17 bits per heavy atom. The van der Waals surface area contributed by atoms with Crippen LogP contribution in [-0.2, 0) is 9.47 Å². The molecule has 0 aromatic carbocycles. The van der Waals surface area contributed by atoms with Gasteiger partial charge in [-0.05, 0) is 0 Å². The largest absolute Gasteiger partial charge is 0.394 e. The monoisotopic (exact) mass is 352 g/mol. The lowest BCUT2D eigenvalue weighted by atomic mass is 9.84. The number of ether oxygens (including phenoxy) is 2. The summed E-state index contributed by atoms with van der Waals surface area (Å²) in [5.74, 6) is -3.56. The molecule has 2 fully saturated rings. The Bertz CT molecular complexity index is 875. The fourth-order valence-electron chi connectivity index (χ4n) is 1.80. The van der Waals surface area contributed by atoms with Gasteiger partial charge in [0.05, 0.1) is 55.3 Å².